The number of likely N-dealkylation sites (tertiary alicyclic amines) is 1. The molecule has 1 N–H and O–H groups in total. The molecule has 2 heterocycles. The number of likely N-dealkylation sites (N-methyl/N-ethyl adjacent to an activating group) is 1. The van der Waals surface area contributed by atoms with Crippen molar-refractivity contribution in [1.82, 2.24) is 15.1 Å². The van der Waals surface area contributed by atoms with Crippen LogP contribution in [0.25, 0.3) is 0 Å². The van der Waals surface area contributed by atoms with Gasteiger partial charge in [0.15, 0.2) is 0 Å². The van der Waals surface area contributed by atoms with Crippen LogP contribution in [-0.2, 0) is 15.7 Å². The Labute approximate surface area is 242 Å². The molecular formula is C30H32F3N5O4. The molecule has 9 nitrogen and oxygen atoms in total. The number of rotatable bonds is 6. The number of halogens is 3. The zero-order valence-corrected chi connectivity index (χ0v) is 23.8. The molecule has 1 saturated heterocycles. The van der Waals surface area contributed by atoms with Gasteiger partial charge < -0.3 is 19.9 Å². The highest BCUT2D eigenvalue weighted by molar-refractivity contribution is 6.04. The summed E-state index contributed by atoms with van der Waals surface area (Å²) in [6.45, 7) is 4.66. The molecule has 2 aliphatic heterocycles. The first-order valence-corrected chi connectivity index (χ1v) is 13.5. The van der Waals surface area contributed by atoms with E-state index in [9.17, 15) is 32.8 Å². The predicted octanol–water partition coefficient (Wildman–Crippen LogP) is 4.85. The van der Waals surface area contributed by atoms with Gasteiger partial charge in [0.25, 0.3) is 5.91 Å². The van der Waals surface area contributed by atoms with Crippen molar-refractivity contribution in [3.8, 4) is 6.07 Å². The molecule has 0 bridgehead atoms. The molecule has 0 aromatic heterocycles. The number of hydrogen-bond donors (Lipinski definition) is 1. The number of amides is 3. The van der Waals surface area contributed by atoms with E-state index in [0.29, 0.717) is 0 Å². The first kappa shape index (κ1) is 30.6. The van der Waals surface area contributed by atoms with Crippen molar-refractivity contribution in [2.75, 3.05) is 38.7 Å². The van der Waals surface area contributed by atoms with Crippen LogP contribution in [0.1, 0.15) is 59.8 Å². The van der Waals surface area contributed by atoms with E-state index >= 15 is 0 Å². The van der Waals surface area contributed by atoms with E-state index in [2.05, 4.69) is 10.2 Å². The van der Waals surface area contributed by atoms with Gasteiger partial charge in [-0.1, -0.05) is 12.1 Å². The molecule has 12 heteroatoms. The summed E-state index contributed by atoms with van der Waals surface area (Å²) in [6.07, 6.45) is -3.18. The molecule has 3 amide bonds. The van der Waals surface area contributed by atoms with Gasteiger partial charge in [0, 0.05) is 24.4 Å². The summed E-state index contributed by atoms with van der Waals surface area (Å²) in [5.41, 5.74) is -0.397. The SMILES string of the molecule is CCOC(=O)C1=C(C)N(c2cccc(C(F)(F)F)c2)C(=O)N(C)C1c1ccc(C#N)cc1C(=O)NC1CCN(C)CC1. The predicted molar refractivity (Wildman–Crippen MR) is 148 cm³/mol. The second-order valence-corrected chi connectivity index (χ2v) is 10.4. The van der Waals surface area contributed by atoms with E-state index in [1.807, 2.05) is 13.1 Å². The number of alkyl halides is 3. The fourth-order valence-corrected chi connectivity index (χ4v) is 5.36. The number of anilines is 1. The van der Waals surface area contributed by atoms with Crippen molar-refractivity contribution in [2.45, 2.75) is 44.9 Å². The van der Waals surface area contributed by atoms with Gasteiger partial charge >= 0.3 is 18.2 Å². The van der Waals surface area contributed by atoms with E-state index in [1.165, 1.54) is 49.2 Å². The molecule has 42 heavy (non-hydrogen) atoms. The van der Waals surface area contributed by atoms with Crippen LogP contribution in [0.3, 0.4) is 0 Å². The summed E-state index contributed by atoms with van der Waals surface area (Å²) in [6, 6.07) is 8.75. The number of nitrogens with zero attached hydrogens (tertiary/aromatic N) is 4. The number of benzene rings is 2. The van der Waals surface area contributed by atoms with E-state index in [1.54, 1.807) is 6.92 Å². The molecule has 1 unspecified atom stereocenters. The average Bonchev–Trinajstić information content (AvgIpc) is 2.95. The monoisotopic (exact) mass is 583 g/mol. The maximum absolute atomic E-state index is 13.8. The van der Waals surface area contributed by atoms with Crippen LogP contribution >= 0.6 is 0 Å². The van der Waals surface area contributed by atoms with Crippen LogP contribution in [0.2, 0.25) is 0 Å². The number of allylic oxidation sites excluding steroid dienone is 1. The summed E-state index contributed by atoms with van der Waals surface area (Å²) in [5, 5.41) is 12.6. The highest BCUT2D eigenvalue weighted by atomic mass is 19.4. The van der Waals surface area contributed by atoms with Gasteiger partial charge in [0.05, 0.1) is 41.1 Å². The zero-order valence-electron chi connectivity index (χ0n) is 23.8. The molecule has 2 aromatic rings. The Morgan fingerprint density at radius 2 is 1.81 bits per heavy atom. The summed E-state index contributed by atoms with van der Waals surface area (Å²) < 4.78 is 45.8. The molecule has 0 spiro atoms. The Morgan fingerprint density at radius 3 is 2.43 bits per heavy atom. The Morgan fingerprint density at radius 1 is 1.12 bits per heavy atom. The van der Waals surface area contributed by atoms with Gasteiger partial charge in [-0.2, -0.15) is 18.4 Å². The summed E-state index contributed by atoms with van der Waals surface area (Å²) in [7, 11) is 3.40. The van der Waals surface area contributed by atoms with Crippen molar-refractivity contribution >= 4 is 23.6 Å². The molecule has 2 aliphatic rings. The second-order valence-electron chi connectivity index (χ2n) is 10.4. The number of ether oxygens (including phenoxy) is 1. The molecule has 222 valence electrons. The molecule has 0 radical (unpaired) electrons. The molecular weight excluding hydrogens is 551 g/mol. The van der Waals surface area contributed by atoms with Crippen LogP contribution in [0.4, 0.5) is 23.7 Å². The topological polar surface area (TPSA) is 106 Å². The van der Waals surface area contributed by atoms with E-state index in [0.717, 1.165) is 43.0 Å². The lowest BCUT2D eigenvalue weighted by molar-refractivity contribution is -0.139. The van der Waals surface area contributed by atoms with E-state index in [4.69, 9.17) is 4.74 Å². The number of carbonyl (C=O) groups excluding carboxylic acids is 3. The molecule has 0 saturated carbocycles. The number of nitrogens with one attached hydrogen (secondary N) is 1. The van der Waals surface area contributed by atoms with Crippen molar-refractivity contribution in [3.63, 3.8) is 0 Å². The maximum atomic E-state index is 13.8. The van der Waals surface area contributed by atoms with Gasteiger partial charge in [0.2, 0.25) is 0 Å². The number of urea groups is 1. The van der Waals surface area contributed by atoms with Crippen LogP contribution in [0, 0.1) is 11.3 Å². The highest BCUT2D eigenvalue weighted by Gasteiger charge is 2.43. The van der Waals surface area contributed by atoms with Crippen molar-refractivity contribution in [3.05, 3.63) is 76.0 Å². The lowest BCUT2D eigenvalue weighted by Crippen LogP contribution is -2.50. The average molecular weight is 584 g/mol. The van der Waals surface area contributed by atoms with Gasteiger partial charge in [-0.15, -0.1) is 0 Å². The molecule has 1 fully saturated rings. The summed E-state index contributed by atoms with van der Waals surface area (Å²) in [5.74, 6) is -1.25. The quantitative estimate of drug-likeness (QED) is 0.488. The number of hydrogen-bond acceptors (Lipinski definition) is 6. The molecule has 2 aromatic carbocycles. The Kier molecular flexibility index (Phi) is 8.92. The van der Waals surface area contributed by atoms with Gasteiger partial charge in [-0.25, -0.2) is 9.59 Å². The standard InChI is InChI=1S/C30H32F3N5O4/c1-5-42-28(40)25-18(2)38(22-8-6-7-20(16-22)30(31,32)33)29(41)37(4)26(25)23-10-9-19(17-34)15-24(23)27(39)35-21-11-13-36(3)14-12-21/h6-10,15-16,21,26H,5,11-14H2,1-4H3,(H,35,39). The minimum Gasteiger partial charge on any atom is -0.463 e. The Balaban J connectivity index is 1.85. The fraction of sp³-hybridized carbons (Fsp3) is 0.400. The van der Waals surface area contributed by atoms with Crippen LogP contribution in [0.5, 0.6) is 0 Å². The third kappa shape index (κ3) is 6.11. The van der Waals surface area contributed by atoms with Crippen LogP contribution in [-0.4, -0.2) is 67.5 Å². The smallest absolute Gasteiger partial charge is 0.416 e. The largest absolute Gasteiger partial charge is 0.463 e. The highest BCUT2D eigenvalue weighted by Crippen LogP contribution is 2.41. The fourth-order valence-electron chi connectivity index (χ4n) is 5.36. The van der Waals surface area contributed by atoms with Gasteiger partial charge in [-0.05, 0) is 82.7 Å². The number of esters is 1. The molecule has 0 aliphatic carbocycles. The van der Waals surface area contributed by atoms with E-state index < -0.39 is 35.7 Å². The second kappa shape index (κ2) is 12.2. The number of carbonyl (C=O) groups is 3. The van der Waals surface area contributed by atoms with Crippen molar-refractivity contribution in [1.29, 1.82) is 5.26 Å². The van der Waals surface area contributed by atoms with Crippen molar-refractivity contribution in [2.24, 2.45) is 0 Å². The Bertz CT molecular complexity index is 1460. The molecule has 1 atom stereocenters. The third-order valence-electron chi connectivity index (χ3n) is 7.58. The lowest BCUT2D eigenvalue weighted by Gasteiger charge is -2.41. The van der Waals surface area contributed by atoms with E-state index in [-0.39, 0.29) is 46.3 Å². The third-order valence-corrected chi connectivity index (χ3v) is 7.58. The summed E-state index contributed by atoms with van der Waals surface area (Å²) >= 11 is 0. The first-order valence-electron chi connectivity index (χ1n) is 13.5. The van der Waals surface area contributed by atoms with Crippen LogP contribution < -0.4 is 10.2 Å². The lowest BCUT2D eigenvalue weighted by atomic mass is 9.88. The first-order chi connectivity index (χ1) is 19.9. The van der Waals surface area contributed by atoms with Crippen LogP contribution in [0.15, 0.2) is 53.7 Å². The van der Waals surface area contributed by atoms with Gasteiger partial charge in [-0.3, -0.25) is 9.69 Å². The summed E-state index contributed by atoms with van der Waals surface area (Å²) in [4.78, 5) is 45.2. The maximum Gasteiger partial charge on any atom is 0.416 e. The number of nitriles is 1. The van der Waals surface area contributed by atoms with Gasteiger partial charge in [0.1, 0.15) is 0 Å². The minimum absolute atomic E-state index is 0.000390. The minimum atomic E-state index is -4.65. The normalized spacial score (nSPS) is 18.6. The molecule has 4 rings (SSSR count). The van der Waals surface area contributed by atoms with Crippen molar-refractivity contribution < 1.29 is 32.3 Å². The Hall–Kier alpha value is -4.37. The zero-order chi connectivity index (χ0) is 30.8. The number of piperidine rings is 1.